The fraction of sp³-hybridized carbons (Fsp3) is 0.355. The number of nitrogens with one attached hydrogen (secondary N) is 1. The van der Waals surface area contributed by atoms with E-state index in [4.69, 9.17) is 14.2 Å². The highest BCUT2D eigenvalue weighted by Crippen LogP contribution is 2.30. The van der Waals surface area contributed by atoms with E-state index >= 15 is 4.39 Å². The van der Waals surface area contributed by atoms with Crippen LogP contribution in [0.2, 0.25) is 0 Å². The second-order valence-electron chi connectivity index (χ2n) is 10.2. The fourth-order valence-electron chi connectivity index (χ4n) is 5.15. The third-order valence-corrected chi connectivity index (χ3v) is 7.56. The number of hydrogen-bond donors (Lipinski definition) is 1. The molecule has 3 aromatic rings. The Bertz CT molecular complexity index is 1490. The molecule has 226 valence electrons. The molecule has 0 radical (unpaired) electrons. The largest absolute Gasteiger partial charge is 0.497 e. The van der Waals surface area contributed by atoms with Crippen LogP contribution in [0.5, 0.6) is 11.5 Å². The van der Waals surface area contributed by atoms with Crippen molar-refractivity contribution in [1.29, 1.82) is 0 Å². The lowest BCUT2D eigenvalue weighted by Gasteiger charge is -2.35. The maximum absolute atomic E-state index is 15.2. The first-order valence-electron chi connectivity index (χ1n) is 14.1. The lowest BCUT2D eigenvalue weighted by atomic mass is 10.1. The van der Waals surface area contributed by atoms with Gasteiger partial charge >= 0.3 is 6.09 Å². The molecule has 5 rings (SSSR count). The first-order chi connectivity index (χ1) is 20.8. The van der Waals surface area contributed by atoms with E-state index in [0.717, 1.165) is 11.4 Å². The van der Waals surface area contributed by atoms with E-state index < -0.39 is 18.1 Å². The van der Waals surface area contributed by atoms with Crippen molar-refractivity contribution in [3.05, 3.63) is 66.1 Å². The molecule has 2 aromatic carbocycles. The number of piperazine rings is 1. The van der Waals surface area contributed by atoms with E-state index in [1.54, 1.807) is 57.7 Å². The van der Waals surface area contributed by atoms with Crippen LogP contribution in [0.25, 0.3) is 11.1 Å². The Kier molecular flexibility index (Phi) is 8.93. The monoisotopic (exact) mass is 591 g/mol. The van der Waals surface area contributed by atoms with Crippen LogP contribution in [0.3, 0.4) is 0 Å². The number of nitrogens with zero attached hydrogens (tertiary/aromatic N) is 4. The molecule has 12 heteroatoms. The molecule has 0 saturated carbocycles. The normalized spacial score (nSPS) is 16.6. The lowest BCUT2D eigenvalue weighted by Crippen LogP contribution is -2.49. The minimum atomic E-state index is -0.782. The second kappa shape index (κ2) is 13.0. The first-order valence-corrected chi connectivity index (χ1v) is 14.1. The van der Waals surface area contributed by atoms with Gasteiger partial charge in [0.2, 0.25) is 11.8 Å². The molecule has 11 nitrogen and oxygen atoms in total. The molecule has 0 spiro atoms. The van der Waals surface area contributed by atoms with Crippen molar-refractivity contribution in [3.63, 3.8) is 0 Å². The Morgan fingerprint density at radius 3 is 2.49 bits per heavy atom. The number of pyridine rings is 1. The van der Waals surface area contributed by atoms with E-state index in [2.05, 4.69) is 15.2 Å². The number of rotatable bonds is 9. The molecular weight excluding hydrogens is 557 g/mol. The molecule has 1 N–H and O–H groups in total. The van der Waals surface area contributed by atoms with Crippen molar-refractivity contribution in [1.82, 2.24) is 15.2 Å². The zero-order valence-electron chi connectivity index (χ0n) is 24.3. The van der Waals surface area contributed by atoms with Gasteiger partial charge in [0, 0.05) is 55.5 Å². The smallest absolute Gasteiger partial charge is 0.416 e. The van der Waals surface area contributed by atoms with Crippen LogP contribution < -0.4 is 24.6 Å². The highest BCUT2D eigenvalue weighted by atomic mass is 19.1. The minimum Gasteiger partial charge on any atom is -0.497 e. The van der Waals surface area contributed by atoms with Gasteiger partial charge in [-0.15, -0.1) is 0 Å². The van der Waals surface area contributed by atoms with Crippen molar-refractivity contribution in [2.45, 2.75) is 26.0 Å². The lowest BCUT2D eigenvalue weighted by molar-refractivity contribution is -0.130. The number of hydrogen-bond acceptors (Lipinski definition) is 8. The Morgan fingerprint density at radius 2 is 1.84 bits per heavy atom. The van der Waals surface area contributed by atoms with Crippen molar-refractivity contribution in [3.8, 4) is 22.6 Å². The van der Waals surface area contributed by atoms with Gasteiger partial charge in [-0.1, -0.05) is 6.92 Å². The number of carbonyl (C=O) groups excluding carboxylic acids is 3. The van der Waals surface area contributed by atoms with Crippen LogP contribution in [-0.2, 0) is 20.7 Å². The topological polar surface area (TPSA) is 114 Å². The summed E-state index contributed by atoms with van der Waals surface area (Å²) in [7, 11) is 3.16. The van der Waals surface area contributed by atoms with E-state index in [1.165, 1.54) is 11.0 Å². The molecule has 2 fully saturated rings. The third kappa shape index (κ3) is 6.63. The van der Waals surface area contributed by atoms with E-state index in [1.807, 2.05) is 17.0 Å². The first kappa shape index (κ1) is 29.6. The quantitative estimate of drug-likeness (QED) is 0.402. The summed E-state index contributed by atoms with van der Waals surface area (Å²) in [5, 5.41) is 2.61. The summed E-state index contributed by atoms with van der Waals surface area (Å²) in [5.41, 5.74) is 2.04. The number of halogens is 1. The summed E-state index contributed by atoms with van der Waals surface area (Å²) < 4.78 is 31.0. The van der Waals surface area contributed by atoms with Crippen LogP contribution in [0.1, 0.15) is 18.9 Å². The Hall–Kier alpha value is -4.87. The number of methoxy groups -OCH3 is 2. The molecule has 2 aliphatic heterocycles. The number of ether oxygens (including phenoxy) is 3. The van der Waals surface area contributed by atoms with Gasteiger partial charge in [0.15, 0.2) is 6.23 Å². The summed E-state index contributed by atoms with van der Waals surface area (Å²) in [6.45, 7) is 4.11. The van der Waals surface area contributed by atoms with Crippen LogP contribution in [0.4, 0.5) is 20.7 Å². The molecule has 43 heavy (non-hydrogen) atoms. The van der Waals surface area contributed by atoms with Gasteiger partial charge in [-0.2, -0.15) is 0 Å². The van der Waals surface area contributed by atoms with E-state index in [-0.39, 0.29) is 31.2 Å². The van der Waals surface area contributed by atoms with Crippen molar-refractivity contribution < 1.29 is 33.0 Å². The molecule has 3 heterocycles. The number of anilines is 2. The highest BCUT2D eigenvalue weighted by Gasteiger charge is 2.33. The van der Waals surface area contributed by atoms with Crippen molar-refractivity contribution in [2.75, 3.05) is 56.7 Å². The zero-order valence-corrected chi connectivity index (χ0v) is 24.3. The Labute approximate surface area is 249 Å². The zero-order chi connectivity index (χ0) is 30.5. The molecule has 2 aliphatic rings. The van der Waals surface area contributed by atoms with Gasteiger partial charge in [0.25, 0.3) is 0 Å². The summed E-state index contributed by atoms with van der Waals surface area (Å²) in [6.07, 6.45) is 0.658. The maximum Gasteiger partial charge on any atom is 0.416 e. The van der Waals surface area contributed by atoms with Gasteiger partial charge in [-0.25, -0.2) is 14.2 Å². The van der Waals surface area contributed by atoms with Crippen molar-refractivity contribution in [2.24, 2.45) is 0 Å². The standard InChI is InChI=1S/C31H34FN5O6/c1-4-28(38)34-29-19-37(31(40)43-29)22-6-8-24(25(32)17-22)20-5-10-27(33-18-20)35-11-13-36(14-12-35)30(39)16-21-15-23(41-2)7-9-26(21)42-3/h5-10,15,17-18,29H,4,11-14,16,19H2,1-3H3,(H,34,38). The highest BCUT2D eigenvalue weighted by molar-refractivity contribution is 5.90. The molecule has 0 aliphatic carbocycles. The maximum atomic E-state index is 15.2. The van der Waals surface area contributed by atoms with E-state index in [0.29, 0.717) is 54.5 Å². The number of carbonyl (C=O) groups is 3. The van der Waals surface area contributed by atoms with Crippen LogP contribution in [-0.4, -0.2) is 81.0 Å². The molecule has 2 saturated heterocycles. The molecule has 3 amide bonds. The van der Waals surface area contributed by atoms with Gasteiger partial charge in [-0.3, -0.25) is 14.5 Å². The van der Waals surface area contributed by atoms with Gasteiger partial charge < -0.3 is 29.3 Å². The average molecular weight is 592 g/mol. The van der Waals surface area contributed by atoms with Crippen molar-refractivity contribution >= 4 is 29.4 Å². The van der Waals surface area contributed by atoms with Gasteiger partial charge in [-0.05, 0) is 48.5 Å². The third-order valence-electron chi connectivity index (χ3n) is 7.56. The average Bonchev–Trinajstić information content (AvgIpc) is 3.40. The summed E-state index contributed by atoms with van der Waals surface area (Å²) in [6, 6.07) is 13.5. The summed E-state index contributed by atoms with van der Waals surface area (Å²) >= 11 is 0. The summed E-state index contributed by atoms with van der Waals surface area (Å²) in [5.74, 6) is 1.31. The SMILES string of the molecule is CCC(=O)NC1CN(c2ccc(-c3ccc(N4CCN(C(=O)Cc5cc(OC)ccc5OC)CC4)nc3)c(F)c2)C(=O)O1. The number of amides is 3. The Morgan fingerprint density at radius 1 is 1.05 bits per heavy atom. The molecule has 1 aromatic heterocycles. The molecule has 1 atom stereocenters. The summed E-state index contributed by atoms with van der Waals surface area (Å²) in [4.78, 5) is 46.7. The van der Waals surface area contributed by atoms with Crippen LogP contribution >= 0.6 is 0 Å². The molecule has 1 unspecified atom stereocenters. The predicted octanol–water partition coefficient (Wildman–Crippen LogP) is 3.61. The van der Waals surface area contributed by atoms with Crippen LogP contribution in [0.15, 0.2) is 54.7 Å². The predicted molar refractivity (Wildman–Crippen MR) is 158 cm³/mol. The number of cyclic esters (lactones) is 1. The minimum absolute atomic E-state index is 0.0110. The molecule has 0 bridgehead atoms. The number of benzene rings is 2. The van der Waals surface area contributed by atoms with Gasteiger partial charge in [0.05, 0.1) is 32.9 Å². The Balaban J connectivity index is 1.18. The fourth-order valence-corrected chi connectivity index (χ4v) is 5.15. The van der Waals surface area contributed by atoms with Crippen LogP contribution in [0, 0.1) is 5.82 Å². The second-order valence-corrected chi connectivity index (χ2v) is 10.2. The van der Waals surface area contributed by atoms with Gasteiger partial charge in [0.1, 0.15) is 23.1 Å². The molecular formula is C31H34FN5O6. The number of aromatic nitrogens is 1. The van der Waals surface area contributed by atoms with E-state index in [9.17, 15) is 14.4 Å².